The highest BCUT2D eigenvalue weighted by molar-refractivity contribution is 6.32. The van der Waals surface area contributed by atoms with Crippen molar-refractivity contribution in [3.63, 3.8) is 0 Å². The molecule has 0 saturated carbocycles. The van der Waals surface area contributed by atoms with Crippen LogP contribution in [0.1, 0.15) is 72.4 Å². The van der Waals surface area contributed by atoms with Crippen LogP contribution in [0.2, 0.25) is 5.02 Å². The van der Waals surface area contributed by atoms with Crippen LogP contribution in [-0.2, 0) is 30.7 Å². The molecule has 1 aliphatic carbocycles. The number of fused-ring (bicyclic) bond motifs is 1. The third-order valence-corrected chi connectivity index (χ3v) is 10.0. The maximum Gasteiger partial charge on any atom is 0.311 e. The number of carboxylic acids is 1. The number of aliphatic carboxylic acids is 1. The van der Waals surface area contributed by atoms with Crippen LogP contribution < -0.4 is 9.47 Å². The van der Waals surface area contributed by atoms with Crippen LogP contribution in [-0.4, -0.2) is 29.4 Å². The van der Waals surface area contributed by atoms with Crippen molar-refractivity contribution in [3.05, 3.63) is 105 Å². The molecule has 0 saturated heterocycles. The molecule has 4 aromatic carbocycles. The molecule has 0 aromatic heterocycles. The summed E-state index contributed by atoms with van der Waals surface area (Å²) >= 11 is 6.72. The monoisotopic (exact) mass is 665 g/mol. The number of ether oxygens (including phenoxy) is 2. The second kappa shape index (κ2) is 15.7. The third-order valence-electron chi connectivity index (χ3n) is 9.73. The predicted molar refractivity (Wildman–Crippen MR) is 191 cm³/mol. The van der Waals surface area contributed by atoms with Gasteiger partial charge in [0.05, 0.1) is 29.7 Å². The number of hydrogen-bond acceptors (Lipinski definition) is 5. The number of carbonyl (C=O) groups is 1. The first-order chi connectivity index (χ1) is 23.1. The average Bonchev–Trinajstić information content (AvgIpc) is 3.09. The maximum absolute atomic E-state index is 11.8. The van der Waals surface area contributed by atoms with Crippen molar-refractivity contribution in [1.82, 2.24) is 0 Å². The molecule has 48 heavy (non-hydrogen) atoms. The normalized spacial score (nSPS) is 13.7. The largest absolute Gasteiger partial charge is 0.493 e. The summed E-state index contributed by atoms with van der Waals surface area (Å²) in [5, 5.41) is 28.7. The Labute approximate surface area is 288 Å². The van der Waals surface area contributed by atoms with Crippen LogP contribution >= 0.6 is 11.6 Å². The lowest BCUT2D eigenvalue weighted by molar-refractivity contribution is -0.150. The van der Waals surface area contributed by atoms with Crippen molar-refractivity contribution in [1.29, 1.82) is 5.26 Å². The number of aryl methyl sites for hydroxylation is 3. The van der Waals surface area contributed by atoms with Gasteiger partial charge in [0.15, 0.2) is 0 Å². The Morgan fingerprint density at radius 3 is 2.33 bits per heavy atom. The summed E-state index contributed by atoms with van der Waals surface area (Å²) in [5.74, 6) is -0.0852. The Balaban J connectivity index is 1.38. The molecular formula is C41H44ClNO5. The van der Waals surface area contributed by atoms with Crippen molar-refractivity contribution < 1.29 is 24.5 Å². The number of carboxylic acid groups (broad SMARTS) is 1. The first-order valence-corrected chi connectivity index (χ1v) is 17.1. The Hall–Kier alpha value is -4.31. The summed E-state index contributed by atoms with van der Waals surface area (Å²) in [4.78, 5) is 11.8. The lowest BCUT2D eigenvalue weighted by atomic mass is 9.85. The Kier molecular flexibility index (Phi) is 11.5. The van der Waals surface area contributed by atoms with Gasteiger partial charge in [-0.15, -0.1) is 0 Å². The van der Waals surface area contributed by atoms with Gasteiger partial charge in [-0.3, -0.25) is 4.79 Å². The van der Waals surface area contributed by atoms with E-state index in [1.165, 1.54) is 59.6 Å². The Bertz CT molecular complexity index is 1830. The van der Waals surface area contributed by atoms with E-state index in [9.17, 15) is 15.0 Å². The Morgan fingerprint density at radius 2 is 1.60 bits per heavy atom. The van der Waals surface area contributed by atoms with E-state index in [2.05, 4.69) is 74.5 Å². The average molecular weight is 666 g/mol. The molecule has 0 heterocycles. The molecule has 5 rings (SSSR count). The van der Waals surface area contributed by atoms with E-state index >= 15 is 0 Å². The van der Waals surface area contributed by atoms with Crippen LogP contribution in [0.5, 0.6) is 11.5 Å². The van der Waals surface area contributed by atoms with Gasteiger partial charge in [-0.2, -0.15) is 5.26 Å². The van der Waals surface area contributed by atoms with Crippen molar-refractivity contribution in [2.24, 2.45) is 5.41 Å². The minimum atomic E-state index is -1.29. The fourth-order valence-corrected chi connectivity index (χ4v) is 6.68. The summed E-state index contributed by atoms with van der Waals surface area (Å²) in [5.41, 5.74) is 10.6. The molecule has 2 N–H and O–H groups in total. The van der Waals surface area contributed by atoms with E-state index in [0.717, 1.165) is 28.7 Å². The molecule has 0 amide bonds. The highest BCUT2D eigenvalue weighted by Gasteiger charge is 2.32. The number of halogens is 1. The molecule has 0 spiro atoms. The molecule has 1 aliphatic rings. The number of nitrogens with zero attached hydrogens (tertiary/aromatic N) is 1. The zero-order valence-corrected chi connectivity index (χ0v) is 28.8. The summed E-state index contributed by atoms with van der Waals surface area (Å²) in [6, 6.07) is 25.4. The van der Waals surface area contributed by atoms with E-state index in [1.807, 2.05) is 0 Å². The molecule has 6 nitrogen and oxygen atoms in total. The zero-order chi connectivity index (χ0) is 34.3. The van der Waals surface area contributed by atoms with E-state index < -0.39 is 18.0 Å². The predicted octanol–water partition coefficient (Wildman–Crippen LogP) is 9.45. The molecule has 0 radical (unpaired) electrons. The molecule has 7 heteroatoms. The lowest BCUT2D eigenvalue weighted by Gasteiger charge is -2.23. The van der Waals surface area contributed by atoms with Crippen LogP contribution in [0.3, 0.4) is 0 Å². The first kappa shape index (κ1) is 35.0. The van der Waals surface area contributed by atoms with E-state index in [0.29, 0.717) is 42.4 Å². The van der Waals surface area contributed by atoms with Gasteiger partial charge in [0.25, 0.3) is 0 Å². The quantitative estimate of drug-likeness (QED) is 0.130. The standard InChI is InChI=1S/C41H44ClNO5/c1-27-33(12-8-14-35(27)36-15-9-13-34(28(36)2)31-17-16-29-10-4-5-11-30(29)22-31)25-48-39-24-38(47-21-7-6-20-43)32(23-37(39)42)18-19-41(3,26-44)40(45)46/h8-9,12-17,22-24,44H,4-7,10-11,18-19,21,25-26H2,1-3H3,(H,45,46)/t41-/m0/s1. The molecule has 0 aliphatic heterocycles. The van der Waals surface area contributed by atoms with Crippen molar-refractivity contribution in [2.75, 3.05) is 13.2 Å². The van der Waals surface area contributed by atoms with Gasteiger partial charge in [-0.05, 0) is 127 Å². The third kappa shape index (κ3) is 7.86. The molecule has 0 unspecified atom stereocenters. The molecule has 1 atom stereocenters. The number of unbranched alkanes of at least 4 members (excludes halogenated alkanes) is 1. The van der Waals surface area contributed by atoms with Gasteiger partial charge in [-0.1, -0.05) is 66.2 Å². The van der Waals surface area contributed by atoms with Gasteiger partial charge < -0.3 is 19.7 Å². The summed E-state index contributed by atoms with van der Waals surface area (Å²) in [6.07, 6.45) is 6.30. The topological polar surface area (TPSA) is 99.8 Å². The summed E-state index contributed by atoms with van der Waals surface area (Å²) in [7, 11) is 0. The molecule has 0 bridgehead atoms. The lowest BCUT2D eigenvalue weighted by Crippen LogP contribution is -2.32. The SMILES string of the molecule is Cc1c(COc2cc(OCCCC#N)c(CC[C@@](C)(CO)C(=O)O)cc2Cl)cccc1-c1cccc(-c2ccc3c(c2)CCCC3)c1C. The fourth-order valence-electron chi connectivity index (χ4n) is 6.44. The van der Waals surface area contributed by atoms with Crippen LogP contribution in [0.25, 0.3) is 22.3 Å². The highest BCUT2D eigenvalue weighted by atomic mass is 35.5. The second-order valence-corrected chi connectivity index (χ2v) is 13.5. The van der Waals surface area contributed by atoms with Crippen molar-refractivity contribution >= 4 is 17.6 Å². The number of aliphatic hydroxyl groups excluding tert-OH is 1. The smallest absolute Gasteiger partial charge is 0.311 e. The highest BCUT2D eigenvalue weighted by Crippen LogP contribution is 2.38. The van der Waals surface area contributed by atoms with E-state index in [4.69, 9.17) is 26.3 Å². The van der Waals surface area contributed by atoms with Gasteiger partial charge in [0.2, 0.25) is 0 Å². The van der Waals surface area contributed by atoms with Crippen molar-refractivity contribution in [2.45, 2.75) is 78.7 Å². The fraction of sp³-hybridized carbons (Fsp3) is 0.366. The summed E-state index contributed by atoms with van der Waals surface area (Å²) < 4.78 is 12.3. The number of hydrogen-bond donors (Lipinski definition) is 2. The van der Waals surface area contributed by atoms with Crippen molar-refractivity contribution in [3.8, 4) is 39.8 Å². The second-order valence-electron chi connectivity index (χ2n) is 13.1. The first-order valence-electron chi connectivity index (χ1n) is 16.7. The zero-order valence-electron chi connectivity index (χ0n) is 28.1. The molecule has 4 aromatic rings. The Morgan fingerprint density at radius 1 is 0.896 bits per heavy atom. The molecular weight excluding hydrogens is 622 g/mol. The number of rotatable bonds is 14. The van der Waals surface area contributed by atoms with Gasteiger partial charge >= 0.3 is 5.97 Å². The minimum Gasteiger partial charge on any atom is -0.493 e. The number of benzene rings is 4. The minimum absolute atomic E-state index is 0.197. The van der Waals surface area contributed by atoms with Gasteiger partial charge in [0.1, 0.15) is 18.1 Å². The van der Waals surface area contributed by atoms with Crippen LogP contribution in [0.15, 0.2) is 66.7 Å². The van der Waals surface area contributed by atoms with E-state index in [-0.39, 0.29) is 13.0 Å². The molecule has 0 fully saturated rings. The van der Waals surface area contributed by atoms with Crippen LogP contribution in [0, 0.1) is 30.6 Å². The molecule has 250 valence electrons. The van der Waals surface area contributed by atoms with Gasteiger partial charge in [0, 0.05) is 12.5 Å². The van der Waals surface area contributed by atoms with Gasteiger partial charge in [-0.25, -0.2) is 0 Å². The van der Waals surface area contributed by atoms with E-state index in [1.54, 1.807) is 12.1 Å². The number of nitriles is 1. The maximum atomic E-state index is 11.8. The summed E-state index contributed by atoms with van der Waals surface area (Å²) in [6.45, 7) is 5.97. The van der Waals surface area contributed by atoms with Crippen LogP contribution in [0.4, 0.5) is 0 Å². The number of aliphatic hydroxyl groups is 1.